The molecule has 1 unspecified atom stereocenters. The number of benzene rings is 1. The minimum absolute atomic E-state index is 0.0296. The Bertz CT molecular complexity index is 556. The first-order valence-corrected chi connectivity index (χ1v) is 8.06. The van der Waals surface area contributed by atoms with Gasteiger partial charge in [-0.2, -0.15) is 0 Å². The molecule has 108 valence electrons. The Balaban J connectivity index is 1.84. The summed E-state index contributed by atoms with van der Waals surface area (Å²) in [6, 6.07) is 11.7. The second-order valence-electron chi connectivity index (χ2n) is 4.86. The van der Waals surface area contributed by atoms with Crippen LogP contribution in [0.3, 0.4) is 0 Å². The Morgan fingerprint density at radius 2 is 1.95 bits per heavy atom. The number of halogens is 2. The lowest BCUT2D eigenvalue weighted by Gasteiger charge is -2.19. The summed E-state index contributed by atoms with van der Waals surface area (Å²) in [4.78, 5) is 3.52. The summed E-state index contributed by atoms with van der Waals surface area (Å²) in [5.74, 6) is 0. The first-order valence-electron chi connectivity index (χ1n) is 6.49. The van der Waals surface area contributed by atoms with E-state index in [1.165, 1.54) is 4.88 Å². The number of hydrogen-bond donors (Lipinski definition) is 1. The van der Waals surface area contributed by atoms with E-state index in [1.54, 1.807) is 11.3 Å². The number of nitrogens with two attached hydrogens (primary N) is 1. The normalized spacial score (nSPS) is 12.8. The summed E-state index contributed by atoms with van der Waals surface area (Å²) in [6.45, 7) is 1.81. The number of nitrogens with zero attached hydrogens (tertiary/aromatic N) is 1. The molecule has 1 aromatic heterocycles. The third kappa shape index (κ3) is 4.47. The smallest absolute Gasteiger partial charge is 0.0931 e. The summed E-state index contributed by atoms with van der Waals surface area (Å²) in [5, 5.41) is 0.743. The zero-order chi connectivity index (χ0) is 14.5. The van der Waals surface area contributed by atoms with Crippen molar-refractivity contribution in [3.63, 3.8) is 0 Å². The molecule has 2 rings (SSSR count). The molecule has 0 aliphatic rings. The van der Waals surface area contributed by atoms with Gasteiger partial charge in [-0.15, -0.1) is 11.3 Å². The quantitative estimate of drug-likeness (QED) is 0.841. The van der Waals surface area contributed by atoms with Crippen LogP contribution in [0.5, 0.6) is 0 Å². The van der Waals surface area contributed by atoms with Gasteiger partial charge < -0.3 is 10.6 Å². The molecular formula is C15H18Cl2N2S. The average Bonchev–Trinajstić information content (AvgIpc) is 2.82. The van der Waals surface area contributed by atoms with E-state index in [2.05, 4.69) is 18.0 Å². The van der Waals surface area contributed by atoms with Crippen molar-refractivity contribution >= 4 is 34.5 Å². The van der Waals surface area contributed by atoms with Crippen molar-refractivity contribution in [1.29, 1.82) is 0 Å². The Hall–Kier alpha value is -0.580. The van der Waals surface area contributed by atoms with Crippen molar-refractivity contribution in [3.8, 4) is 0 Å². The second kappa shape index (κ2) is 7.43. The van der Waals surface area contributed by atoms with Gasteiger partial charge in [0.2, 0.25) is 0 Å². The fraction of sp³-hybridized carbons (Fsp3) is 0.333. The van der Waals surface area contributed by atoms with Crippen LogP contribution in [0.4, 0.5) is 0 Å². The molecule has 0 aliphatic heterocycles. The molecule has 0 aliphatic carbocycles. The van der Waals surface area contributed by atoms with Gasteiger partial charge in [-0.25, -0.2) is 0 Å². The van der Waals surface area contributed by atoms with Crippen molar-refractivity contribution in [2.75, 3.05) is 13.6 Å². The molecule has 5 heteroatoms. The highest BCUT2D eigenvalue weighted by Gasteiger charge is 2.11. The van der Waals surface area contributed by atoms with Crippen LogP contribution in [-0.4, -0.2) is 18.5 Å². The van der Waals surface area contributed by atoms with E-state index in [4.69, 9.17) is 28.9 Å². The van der Waals surface area contributed by atoms with Crippen molar-refractivity contribution in [1.82, 2.24) is 4.90 Å². The minimum Gasteiger partial charge on any atom is -0.324 e. The molecule has 1 atom stereocenters. The van der Waals surface area contributed by atoms with Gasteiger partial charge in [0.15, 0.2) is 0 Å². The number of rotatable bonds is 6. The van der Waals surface area contributed by atoms with E-state index in [9.17, 15) is 0 Å². The summed E-state index contributed by atoms with van der Waals surface area (Å²) in [6.07, 6.45) is 0.874. The summed E-state index contributed by atoms with van der Waals surface area (Å²) in [7, 11) is 2.09. The Morgan fingerprint density at radius 3 is 2.60 bits per heavy atom. The van der Waals surface area contributed by atoms with Crippen LogP contribution in [0.1, 0.15) is 22.9 Å². The lowest BCUT2D eigenvalue weighted by atomic mass is 10.0. The minimum atomic E-state index is -0.0296. The second-order valence-corrected chi connectivity index (χ2v) is 7.07. The highest BCUT2D eigenvalue weighted by molar-refractivity contribution is 7.16. The lowest BCUT2D eigenvalue weighted by molar-refractivity contribution is 0.314. The third-order valence-electron chi connectivity index (χ3n) is 3.18. The SMILES string of the molecule is CN(CCC(N)c1ccccc1Cl)Cc1ccc(Cl)s1. The third-order valence-corrected chi connectivity index (χ3v) is 4.74. The lowest BCUT2D eigenvalue weighted by Crippen LogP contribution is -2.23. The van der Waals surface area contributed by atoms with E-state index in [1.807, 2.05) is 30.3 Å². The van der Waals surface area contributed by atoms with Crippen LogP contribution in [0.25, 0.3) is 0 Å². The van der Waals surface area contributed by atoms with E-state index < -0.39 is 0 Å². The van der Waals surface area contributed by atoms with Gasteiger partial charge in [0, 0.05) is 29.0 Å². The van der Waals surface area contributed by atoms with Crippen LogP contribution in [0.15, 0.2) is 36.4 Å². The Kier molecular flexibility index (Phi) is 5.87. The maximum atomic E-state index is 6.21. The topological polar surface area (TPSA) is 29.3 Å². The number of hydrogen-bond acceptors (Lipinski definition) is 3. The van der Waals surface area contributed by atoms with Gasteiger partial charge in [0.05, 0.1) is 4.34 Å². The van der Waals surface area contributed by atoms with Crippen molar-refractivity contribution < 1.29 is 0 Å². The van der Waals surface area contributed by atoms with Crippen molar-refractivity contribution in [2.45, 2.75) is 19.0 Å². The van der Waals surface area contributed by atoms with E-state index in [0.29, 0.717) is 0 Å². The summed E-state index contributed by atoms with van der Waals surface area (Å²) >= 11 is 13.7. The van der Waals surface area contributed by atoms with Gasteiger partial charge in [-0.1, -0.05) is 41.4 Å². The zero-order valence-electron chi connectivity index (χ0n) is 11.4. The molecule has 1 aromatic carbocycles. The number of thiophene rings is 1. The molecule has 0 spiro atoms. The van der Waals surface area contributed by atoms with E-state index >= 15 is 0 Å². The van der Waals surface area contributed by atoms with Crippen LogP contribution in [-0.2, 0) is 6.54 Å². The predicted molar refractivity (Wildman–Crippen MR) is 88.7 cm³/mol. The predicted octanol–water partition coefficient (Wildman–Crippen LogP) is 4.58. The summed E-state index contributed by atoms with van der Waals surface area (Å²) in [5.41, 5.74) is 7.23. The Labute approximate surface area is 134 Å². The van der Waals surface area contributed by atoms with Gasteiger partial charge in [0.1, 0.15) is 0 Å². The highest BCUT2D eigenvalue weighted by Crippen LogP contribution is 2.24. The molecule has 0 bridgehead atoms. The fourth-order valence-electron chi connectivity index (χ4n) is 2.07. The molecule has 0 fully saturated rings. The first kappa shape index (κ1) is 15.8. The molecule has 0 saturated carbocycles. The van der Waals surface area contributed by atoms with Crippen molar-refractivity contribution in [3.05, 3.63) is 56.2 Å². The molecule has 0 saturated heterocycles. The monoisotopic (exact) mass is 328 g/mol. The maximum absolute atomic E-state index is 6.21. The highest BCUT2D eigenvalue weighted by atomic mass is 35.5. The van der Waals surface area contributed by atoms with Gasteiger partial charge in [-0.05, 0) is 37.2 Å². The van der Waals surface area contributed by atoms with Crippen LogP contribution in [0.2, 0.25) is 9.36 Å². The fourth-order valence-corrected chi connectivity index (χ4v) is 3.52. The molecule has 2 N–H and O–H groups in total. The largest absolute Gasteiger partial charge is 0.324 e. The molecular weight excluding hydrogens is 311 g/mol. The van der Waals surface area contributed by atoms with Crippen LogP contribution in [0, 0.1) is 0 Å². The van der Waals surface area contributed by atoms with Crippen molar-refractivity contribution in [2.24, 2.45) is 5.73 Å². The average molecular weight is 329 g/mol. The van der Waals surface area contributed by atoms with Crippen LogP contribution >= 0.6 is 34.5 Å². The first-order chi connectivity index (χ1) is 9.56. The summed E-state index contributed by atoms with van der Waals surface area (Å²) < 4.78 is 0.834. The van der Waals surface area contributed by atoms with E-state index in [-0.39, 0.29) is 6.04 Å². The van der Waals surface area contributed by atoms with Gasteiger partial charge in [-0.3, -0.25) is 0 Å². The molecule has 0 radical (unpaired) electrons. The molecule has 2 nitrogen and oxygen atoms in total. The zero-order valence-corrected chi connectivity index (χ0v) is 13.7. The Morgan fingerprint density at radius 1 is 1.20 bits per heavy atom. The van der Waals surface area contributed by atoms with E-state index in [0.717, 1.165) is 34.4 Å². The molecule has 2 aromatic rings. The van der Waals surface area contributed by atoms with Crippen LogP contribution < -0.4 is 5.73 Å². The van der Waals surface area contributed by atoms with Gasteiger partial charge in [0.25, 0.3) is 0 Å². The maximum Gasteiger partial charge on any atom is 0.0931 e. The standard InChI is InChI=1S/C15H18Cl2N2S/c1-19(10-11-6-7-15(17)20-11)9-8-14(18)12-4-2-3-5-13(12)16/h2-7,14H,8-10,18H2,1H3. The molecule has 1 heterocycles. The van der Waals surface area contributed by atoms with Gasteiger partial charge >= 0.3 is 0 Å². The molecule has 20 heavy (non-hydrogen) atoms. The molecule has 0 amide bonds.